The number of rotatable bonds is 3. The summed E-state index contributed by atoms with van der Waals surface area (Å²) < 4.78 is 2.00. The lowest BCUT2D eigenvalue weighted by Gasteiger charge is -2.28. The molecule has 1 aliphatic heterocycles. The topological polar surface area (TPSA) is 77.0 Å². The van der Waals surface area contributed by atoms with Crippen LogP contribution in [0, 0.1) is 0 Å². The van der Waals surface area contributed by atoms with E-state index < -0.39 is 5.24 Å². The highest BCUT2D eigenvalue weighted by Crippen LogP contribution is 2.26. The van der Waals surface area contributed by atoms with Gasteiger partial charge in [0.25, 0.3) is 5.24 Å². The maximum Gasteiger partial charge on any atom is 0.256 e. The predicted molar refractivity (Wildman–Crippen MR) is 85.8 cm³/mol. The average molecular weight is 320 g/mol. The Morgan fingerprint density at radius 1 is 1.32 bits per heavy atom. The van der Waals surface area contributed by atoms with Crippen LogP contribution in [-0.4, -0.2) is 45.0 Å². The molecular weight excluding hydrogens is 302 g/mol. The molecule has 22 heavy (non-hydrogen) atoms. The van der Waals surface area contributed by atoms with Crippen molar-refractivity contribution in [1.29, 1.82) is 0 Å². The standard InChI is InChI=1S/C15H18ClN5O/c1-20-4-2-12(3-5-20)21-9-11(8-19-21)10-6-13(14(16)22)15(17)18-7-10/h6-9,12H,2-5H2,1H3,(H2,17,18). The minimum atomic E-state index is -0.602. The highest BCUT2D eigenvalue weighted by molar-refractivity contribution is 6.68. The number of anilines is 1. The zero-order chi connectivity index (χ0) is 15.7. The van der Waals surface area contributed by atoms with Gasteiger partial charge in [-0.3, -0.25) is 9.48 Å². The van der Waals surface area contributed by atoms with Gasteiger partial charge in [0.15, 0.2) is 0 Å². The number of likely N-dealkylation sites (tertiary alicyclic amines) is 1. The zero-order valence-corrected chi connectivity index (χ0v) is 13.1. The quantitative estimate of drug-likeness (QED) is 0.877. The van der Waals surface area contributed by atoms with Gasteiger partial charge in [-0.25, -0.2) is 4.98 Å². The van der Waals surface area contributed by atoms with Crippen molar-refractivity contribution < 1.29 is 4.79 Å². The first kappa shape index (κ1) is 15.0. The maximum absolute atomic E-state index is 11.4. The monoisotopic (exact) mass is 319 g/mol. The van der Waals surface area contributed by atoms with Gasteiger partial charge >= 0.3 is 0 Å². The molecule has 0 bridgehead atoms. The van der Waals surface area contributed by atoms with Crippen LogP contribution in [0.3, 0.4) is 0 Å². The normalized spacial score (nSPS) is 16.8. The Labute approximate surface area is 133 Å². The lowest BCUT2D eigenvalue weighted by atomic mass is 10.1. The third-order valence-electron chi connectivity index (χ3n) is 4.13. The number of carbonyl (C=O) groups excluding carboxylic acids is 1. The van der Waals surface area contributed by atoms with E-state index >= 15 is 0 Å². The minimum Gasteiger partial charge on any atom is -0.383 e. The number of hydrogen-bond acceptors (Lipinski definition) is 5. The van der Waals surface area contributed by atoms with Crippen molar-refractivity contribution in [3.05, 3.63) is 30.2 Å². The summed E-state index contributed by atoms with van der Waals surface area (Å²) in [6.07, 6.45) is 7.58. The van der Waals surface area contributed by atoms with Crippen LogP contribution in [0.4, 0.5) is 5.82 Å². The Bertz CT molecular complexity index is 691. The molecule has 3 heterocycles. The summed E-state index contributed by atoms with van der Waals surface area (Å²) in [5.41, 5.74) is 7.59. The predicted octanol–water partition coefficient (Wildman–Crippen LogP) is 2.17. The number of carbonyl (C=O) groups is 1. The molecule has 2 aromatic rings. The van der Waals surface area contributed by atoms with Crippen LogP contribution in [0.5, 0.6) is 0 Å². The molecule has 1 aliphatic rings. The number of halogens is 1. The summed E-state index contributed by atoms with van der Waals surface area (Å²) in [4.78, 5) is 17.7. The fraction of sp³-hybridized carbons (Fsp3) is 0.400. The second-order valence-corrected chi connectivity index (χ2v) is 6.02. The van der Waals surface area contributed by atoms with E-state index in [4.69, 9.17) is 17.3 Å². The molecule has 2 N–H and O–H groups in total. The lowest BCUT2D eigenvalue weighted by Crippen LogP contribution is -2.31. The summed E-state index contributed by atoms with van der Waals surface area (Å²) >= 11 is 5.52. The molecule has 116 valence electrons. The van der Waals surface area contributed by atoms with Gasteiger partial charge in [-0.1, -0.05) is 0 Å². The van der Waals surface area contributed by atoms with Gasteiger partial charge in [0.05, 0.1) is 17.8 Å². The van der Waals surface area contributed by atoms with E-state index in [0.717, 1.165) is 37.1 Å². The first-order chi connectivity index (χ1) is 10.5. The van der Waals surface area contributed by atoms with E-state index in [1.54, 1.807) is 18.5 Å². The van der Waals surface area contributed by atoms with Gasteiger partial charge in [0, 0.05) is 23.5 Å². The molecule has 0 aromatic carbocycles. The van der Waals surface area contributed by atoms with Crippen LogP contribution in [0.15, 0.2) is 24.7 Å². The average Bonchev–Trinajstić information content (AvgIpc) is 2.98. The van der Waals surface area contributed by atoms with E-state index in [-0.39, 0.29) is 11.4 Å². The molecule has 1 fully saturated rings. The van der Waals surface area contributed by atoms with Crippen molar-refractivity contribution >= 4 is 22.7 Å². The second-order valence-electron chi connectivity index (χ2n) is 5.67. The Morgan fingerprint density at radius 3 is 2.73 bits per heavy atom. The first-order valence-electron chi connectivity index (χ1n) is 7.23. The van der Waals surface area contributed by atoms with Crippen LogP contribution in [0.2, 0.25) is 0 Å². The number of nitrogen functional groups attached to an aromatic ring is 1. The van der Waals surface area contributed by atoms with Crippen LogP contribution < -0.4 is 5.73 Å². The number of pyridine rings is 1. The van der Waals surface area contributed by atoms with Gasteiger partial charge in [0.1, 0.15) is 5.82 Å². The first-order valence-corrected chi connectivity index (χ1v) is 7.61. The molecule has 6 nitrogen and oxygen atoms in total. The fourth-order valence-corrected chi connectivity index (χ4v) is 2.89. The molecule has 0 saturated carbocycles. The van der Waals surface area contributed by atoms with E-state index in [9.17, 15) is 4.79 Å². The molecule has 0 unspecified atom stereocenters. The van der Waals surface area contributed by atoms with Crippen LogP contribution in [0.25, 0.3) is 11.1 Å². The fourth-order valence-electron chi connectivity index (χ4n) is 2.74. The van der Waals surface area contributed by atoms with Gasteiger partial charge < -0.3 is 10.6 Å². The van der Waals surface area contributed by atoms with Gasteiger partial charge in [-0.05, 0) is 50.6 Å². The van der Waals surface area contributed by atoms with Gasteiger partial charge in [-0.15, -0.1) is 0 Å². The largest absolute Gasteiger partial charge is 0.383 e. The van der Waals surface area contributed by atoms with Crippen molar-refractivity contribution in [2.24, 2.45) is 0 Å². The number of hydrogen-bond donors (Lipinski definition) is 1. The number of piperidine rings is 1. The molecule has 0 spiro atoms. The lowest BCUT2D eigenvalue weighted by molar-refractivity contribution is 0.108. The van der Waals surface area contributed by atoms with Crippen LogP contribution >= 0.6 is 11.6 Å². The highest BCUT2D eigenvalue weighted by atomic mass is 35.5. The number of nitrogens with zero attached hydrogens (tertiary/aromatic N) is 4. The SMILES string of the molecule is CN1CCC(n2cc(-c3cnc(N)c(C(=O)Cl)c3)cn2)CC1. The maximum atomic E-state index is 11.4. The Balaban J connectivity index is 1.85. The third-order valence-corrected chi connectivity index (χ3v) is 4.33. The van der Waals surface area contributed by atoms with E-state index in [1.807, 2.05) is 10.9 Å². The Kier molecular flexibility index (Phi) is 4.13. The van der Waals surface area contributed by atoms with Crippen molar-refractivity contribution in [2.75, 3.05) is 25.9 Å². The van der Waals surface area contributed by atoms with Crippen molar-refractivity contribution in [2.45, 2.75) is 18.9 Å². The van der Waals surface area contributed by atoms with E-state index in [1.165, 1.54) is 0 Å². The van der Waals surface area contributed by atoms with Crippen molar-refractivity contribution in [3.8, 4) is 11.1 Å². The van der Waals surface area contributed by atoms with E-state index in [0.29, 0.717) is 6.04 Å². The molecule has 2 aromatic heterocycles. The van der Waals surface area contributed by atoms with Crippen LogP contribution in [-0.2, 0) is 0 Å². The minimum absolute atomic E-state index is 0.145. The molecular formula is C15H18ClN5O. The Morgan fingerprint density at radius 2 is 2.05 bits per heavy atom. The van der Waals surface area contributed by atoms with Gasteiger partial charge in [0.2, 0.25) is 0 Å². The molecule has 0 aliphatic carbocycles. The van der Waals surface area contributed by atoms with Gasteiger partial charge in [-0.2, -0.15) is 5.10 Å². The molecule has 7 heteroatoms. The summed E-state index contributed by atoms with van der Waals surface area (Å²) in [5.74, 6) is 0.145. The van der Waals surface area contributed by atoms with Crippen molar-refractivity contribution in [1.82, 2.24) is 19.7 Å². The number of nitrogens with two attached hydrogens (primary N) is 1. The molecule has 1 saturated heterocycles. The van der Waals surface area contributed by atoms with E-state index in [2.05, 4.69) is 22.0 Å². The molecule has 3 rings (SSSR count). The highest BCUT2D eigenvalue weighted by Gasteiger charge is 2.19. The molecule has 0 amide bonds. The number of aromatic nitrogens is 3. The summed E-state index contributed by atoms with van der Waals surface area (Å²) in [7, 11) is 2.13. The summed E-state index contributed by atoms with van der Waals surface area (Å²) in [5, 5.41) is 3.86. The summed E-state index contributed by atoms with van der Waals surface area (Å²) in [6.45, 7) is 2.16. The summed E-state index contributed by atoms with van der Waals surface area (Å²) in [6, 6.07) is 2.08. The zero-order valence-electron chi connectivity index (χ0n) is 12.4. The van der Waals surface area contributed by atoms with Crippen molar-refractivity contribution in [3.63, 3.8) is 0 Å². The third kappa shape index (κ3) is 2.98. The second kappa shape index (κ2) is 6.06. The van der Waals surface area contributed by atoms with Crippen LogP contribution in [0.1, 0.15) is 29.2 Å². The Hall–Kier alpha value is -1.92. The smallest absolute Gasteiger partial charge is 0.256 e. The molecule has 0 atom stereocenters. The molecule has 0 radical (unpaired) electrons.